The summed E-state index contributed by atoms with van der Waals surface area (Å²) in [6, 6.07) is 14.2. The van der Waals surface area contributed by atoms with E-state index in [-0.39, 0.29) is 6.61 Å². The molecule has 0 unspecified atom stereocenters. The van der Waals surface area contributed by atoms with E-state index < -0.39 is 0 Å². The summed E-state index contributed by atoms with van der Waals surface area (Å²) >= 11 is 0. The first-order valence-electron chi connectivity index (χ1n) is 5.93. The predicted molar refractivity (Wildman–Crippen MR) is 72.2 cm³/mol. The van der Waals surface area contributed by atoms with Gasteiger partial charge in [0.05, 0.1) is 17.8 Å². The van der Waals surface area contributed by atoms with Crippen LogP contribution in [0.5, 0.6) is 0 Å². The number of aryl methyl sites for hydroxylation is 1. The van der Waals surface area contributed by atoms with Gasteiger partial charge in [0.1, 0.15) is 0 Å². The third kappa shape index (κ3) is 1.79. The van der Waals surface area contributed by atoms with Crippen molar-refractivity contribution in [3.05, 3.63) is 53.7 Å². The Balaban J connectivity index is 2.07. The Labute approximate surface area is 105 Å². The first kappa shape index (κ1) is 11.0. The highest BCUT2D eigenvalue weighted by Gasteiger charge is 2.03. The van der Waals surface area contributed by atoms with Gasteiger partial charge in [0.25, 0.3) is 0 Å². The van der Waals surface area contributed by atoms with Crippen LogP contribution in [-0.4, -0.2) is 15.3 Å². The molecular weight excluding hydrogens is 224 g/mol. The van der Waals surface area contributed by atoms with Gasteiger partial charge in [-0.25, -0.2) is 0 Å². The topological polar surface area (TPSA) is 48.9 Å². The van der Waals surface area contributed by atoms with E-state index in [1.165, 1.54) is 0 Å². The van der Waals surface area contributed by atoms with Gasteiger partial charge in [-0.2, -0.15) is 5.10 Å². The van der Waals surface area contributed by atoms with Crippen molar-refractivity contribution in [2.45, 2.75) is 13.5 Å². The van der Waals surface area contributed by atoms with E-state index in [1.807, 2.05) is 31.2 Å². The molecule has 0 saturated heterocycles. The zero-order valence-electron chi connectivity index (χ0n) is 10.1. The van der Waals surface area contributed by atoms with E-state index in [0.717, 1.165) is 33.3 Å². The molecule has 0 spiro atoms. The van der Waals surface area contributed by atoms with Gasteiger partial charge < -0.3 is 5.11 Å². The van der Waals surface area contributed by atoms with Gasteiger partial charge in [0, 0.05) is 5.39 Å². The van der Waals surface area contributed by atoms with Gasteiger partial charge in [0.15, 0.2) is 0 Å². The smallest absolute Gasteiger partial charge is 0.0681 e. The summed E-state index contributed by atoms with van der Waals surface area (Å²) in [6.07, 6.45) is 0. The van der Waals surface area contributed by atoms with Crippen molar-refractivity contribution in [3.8, 4) is 11.1 Å². The van der Waals surface area contributed by atoms with Crippen molar-refractivity contribution in [1.82, 2.24) is 10.2 Å². The van der Waals surface area contributed by atoms with Gasteiger partial charge >= 0.3 is 0 Å². The van der Waals surface area contributed by atoms with Crippen molar-refractivity contribution in [1.29, 1.82) is 0 Å². The van der Waals surface area contributed by atoms with Crippen LogP contribution in [0.15, 0.2) is 42.5 Å². The fraction of sp³-hybridized carbons (Fsp3) is 0.133. The number of nitrogens with zero attached hydrogens (tertiary/aromatic N) is 1. The molecule has 0 aliphatic rings. The number of rotatable bonds is 2. The molecule has 90 valence electrons. The molecule has 1 heterocycles. The molecule has 0 aliphatic heterocycles. The minimum atomic E-state index is 0.0824. The molecule has 0 saturated carbocycles. The van der Waals surface area contributed by atoms with Gasteiger partial charge in [-0.3, -0.25) is 5.10 Å². The minimum Gasteiger partial charge on any atom is -0.392 e. The van der Waals surface area contributed by atoms with Crippen LogP contribution in [0.1, 0.15) is 11.3 Å². The third-order valence-corrected chi connectivity index (χ3v) is 3.22. The summed E-state index contributed by atoms with van der Waals surface area (Å²) in [4.78, 5) is 0. The maximum absolute atomic E-state index is 9.03. The van der Waals surface area contributed by atoms with E-state index in [0.29, 0.717) is 0 Å². The summed E-state index contributed by atoms with van der Waals surface area (Å²) in [5, 5.41) is 17.4. The summed E-state index contributed by atoms with van der Waals surface area (Å²) < 4.78 is 0. The highest BCUT2D eigenvalue weighted by molar-refractivity contribution is 5.86. The number of aromatic amines is 1. The second kappa shape index (κ2) is 4.27. The number of fused-ring (bicyclic) bond motifs is 1. The van der Waals surface area contributed by atoms with Crippen molar-refractivity contribution >= 4 is 10.9 Å². The Kier molecular flexibility index (Phi) is 2.61. The van der Waals surface area contributed by atoms with Crippen LogP contribution in [-0.2, 0) is 6.61 Å². The first-order valence-corrected chi connectivity index (χ1v) is 5.93. The number of nitrogens with one attached hydrogen (secondary N) is 1. The molecular formula is C15H14N2O. The van der Waals surface area contributed by atoms with Crippen LogP contribution < -0.4 is 0 Å². The molecule has 0 radical (unpaired) electrons. The largest absolute Gasteiger partial charge is 0.392 e. The van der Waals surface area contributed by atoms with Crippen LogP contribution in [0, 0.1) is 6.92 Å². The van der Waals surface area contributed by atoms with Crippen LogP contribution in [0.2, 0.25) is 0 Å². The Morgan fingerprint density at radius 1 is 1.06 bits per heavy atom. The molecule has 0 fully saturated rings. The number of aliphatic hydroxyl groups is 1. The van der Waals surface area contributed by atoms with Gasteiger partial charge in [0.2, 0.25) is 0 Å². The fourth-order valence-electron chi connectivity index (χ4n) is 2.14. The molecule has 0 aliphatic carbocycles. The first-order chi connectivity index (χ1) is 8.78. The lowest BCUT2D eigenvalue weighted by molar-refractivity contribution is 0.282. The molecule has 0 amide bonds. The van der Waals surface area contributed by atoms with Gasteiger partial charge in [-0.05, 0) is 29.7 Å². The van der Waals surface area contributed by atoms with E-state index >= 15 is 0 Å². The maximum Gasteiger partial charge on any atom is 0.0681 e. The fourth-order valence-corrected chi connectivity index (χ4v) is 2.14. The summed E-state index contributed by atoms with van der Waals surface area (Å²) in [6.45, 7) is 2.08. The number of aliphatic hydroxyl groups excluding tert-OH is 1. The zero-order chi connectivity index (χ0) is 12.5. The maximum atomic E-state index is 9.03. The lowest BCUT2D eigenvalue weighted by Crippen LogP contribution is -1.83. The van der Waals surface area contributed by atoms with Crippen molar-refractivity contribution in [2.75, 3.05) is 0 Å². The average Bonchev–Trinajstić information content (AvgIpc) is 2.80. The highest BCUT2D eigenvalue weighted by atomic mass is 16.3. The second-order valence-corrected chi connectivity index (χ2v) is 4.42. The van der Waals surface area contributed by atoms with Crippen molar-refractivity contribution < 1.29 is 5.11 Å². The van der Waals surface area contributed by atoms with Crippen molar-refractivity contribution in [2.24, 2.45) is 0 Å². The van der Waals surface area contributed by atoms with E-state index in [1.54, 1.807) is 0 Å². The Bertz CT molecular complexity index is 683. The lowest BCUT2D eigenvalue weighted by atomic mass is 10.0. The van der Waals surface area contributed by atoms with Crippen LogP contribution in [0.25, 0.3) is 22.0 Å². The minimum absolute atomic E-state index is 0.0824. The third-order valence-electron chi connectivity index (χ3n) is 3.22. The number of H-pyrrole nitrogens is 1. The molecule has 3 aromatic rings. The van der Waals surface area contributed by atoms with Crippen LogP contribution in [0.3, 0.4) is 0 Å². The van der Waals surface area contributed by atoms with E-state index in [2.05, 4.69) is 28.4 Å². The lowest BCUT2D eigenvalue weighted by Gasteiger charge is -2.03. The molecule has 0 atom stereocenters. The zero-order valence-corrected chi connectivity index (χ0v) is 10.1. The molecule has 1 aromatic heterocycles. The highest BCUT2D eigenvalue weighted by Crippen LogP contribution is 2.25. The molecule has 2 aromatic carbocycles. The standard InChI is InChI=1S/C15H14N2O/c1-10-14-7-6-13(8-15(14)17-16-10)12-4-2-11(9-18)3-5-12/h2-8,18H,9H2,1H3,(H,16,17). The monoisotopic (exact) mass is 238 g/mol. The second-order valence-electron chi connectivity index (χ2n) is 4.42. The SMILES string of the molecule is Cc1n[nH]c2cc(-c3ccc(CO)cc3)ccc12. The number of hydrogen-bond acceptors (Lipinski definition) is 2. The molecule has 2 N–H and O–H groups in total. The van der Waals surface area contributed by atoms with Gasteiger partial charge in [-0.15, -0.1) is 0 Å². The molecule has 18 heavy (non-hydrogen) atoms. The Morgan fingerprint density at radius 3 is 2.50 bits per heavy atom. The van der Waals surface area contributed by atoms with E-state index in [9.17, 15) is 0 Å². The Hall–Kier alpha value is -2.13. The molecule has 3 rings (SSSR count). The van der Waals surface area contributed by atoms with E-state index in [4.69, 9.17) is 5.11 Å². The number of hydrogen-bond donors (Lipinski definition) is 2. The van der Waals surface area contributed by atoms with Crippen molar-refractivity contribution in [3.63, 3.8) is 0 Å². The molecule has 0 bridgehead atoms. The normalized spacial score (nSPS) is 11.0. The summed E-state index contributed by atoms with van der Waals surface area (Å²) in [5.74, 6) is 0. The molecule has 3 nitrogen and oxygen atoms in total. The number of benzene rings is 2. The average molecular weight is 238 g/mol. The Morgan fingerprint density at radius 2 is 1.78 bits per heavy atom. The number of aromatic nitrogens is 2. The van der Waals surface area contributed by atoms with Gasteiger partial charge in [-0.1, -0.05) is 36.4 Å². The molecule has 3 heteroatoms. The summed E-state index contributed by atoms with van der Waals surface area (Å²) in [5.41, 5.74) is 5.29. The van der Waals surface area contributed by atoms with Crippen LogP contribution in [0.4, 0.5) is 0 Å². The van der Waals surface area contributed by atoms with Crippen LogP contribution >= 0.6 is 0 Å². The quantitative estimate of drug-likeness (QED) is 0.721. The predicted octanol–water partition coefficient (Wildman–Crippen LogP) is 3.03. The summed E-state index contributed by atoms with van der Waals surface area (Å²) in [7, 11) is 0.